The lowest BCUT2D eigenvalue weighted by atomic mass is 10.1. The molecule has 0 saturated carbocycles. The van der Waals surface area contributed by atoms with Gasteiger partial charge in [0.25, 0.3) is 0 Å². The molecule has 0 aliphatic rings. The van der Waals surface area contributed by atoms with E-state index in [1.807, 2.05) is 19.1 Å². The molecular weight excluding hydrogens is 272 g/mol. The number of carbonyl (C=O) groups is 1. The fourth-order valence-electron chi connectivity index (χ4n) is 2.42. The number of esters is 1. The van der Waals surface area contributed by atoms with Crippen LogP contribution in [0.5, 0.6) is 0 Å². The molecule has 2 heteroatoms. The lowest BCUT2D eigenvalue weighted by Crippen LogP contribution is -2.05. The van der Waals surface area contributed by atoms with Gasteiger partial charge in [-0.25, -0.2) is 0 Å². The van der Waals surface area contributed by atoms with Crippen LogP contribution in [0.15, 0.2) is 24.8 Å². The summed E-state index contributed by atoms with van der Waals surface area (Å²) in [4.78, 5) is 11.5. The van der Waals surface area contributed by atoms with Crippen LogP contribution in [0.25, 0.3) is 0 Å². The topological polar surface area (TPSA) is 26.3 Å². The molecule has 0 radical (unpaired) electrons. The molecule has 0 fully saturated rings. The summed E-state index contributed by atoms with van der Waals surface area (Å²) in [5.41, 5.74) is 0. The van der Waals surface area contributed by atoms with Gasteiger partial charge in [0.15, 0.2) is 0 Å². The van der Waals surface area contributed by atoms with E-state index in [2.05, 4.69) is 12.7 Å². The molecule has 0 rings (SSSR count). The van der Waals surface area contributed by atoms with E-state index in [-0.39, 0.29) is 5.97 Å². The highest BCUT2D eigenvalue weighted by Crippen LogP contribution is 2.11. The van der Waals surface area contributed by atoms with Gasteiger partial charge < -0.3 is 4.74 Å². The van der Waals surface area contributed by atoms with Gasteiger partial charge in [-0.15, -0.1) is 6.58 Å². The molecule has 0 bridgehead atoms. The molecule has 0 aliphatic carbocycles. The Morgan fingerprint density at radius 3 is 2.05 bits per heavy atom. The van der Waals surface area contributed by atoms with Gasteiger partial charge in [0.2, 0.25) is 0 Å². The maximum Gasteiger partial charge on any atom is 0.305 e. The van der Waals surface area contributed by atoms with Crippen molar-refractivity contribution in [1.82, 2.24) is 0 Å². The van der Waals surface area contributed by atoms with Crippen LogP contribution in [0.2, 0.25) is 0 Å². The molecule has 0 unspecified atom stereocenters. The van der Waals surface area contributed by atoms with Crippen molar-refractivity contribution in [3.05, 3.63) is 24.8 Å². The highest BCUT2D eigenvalue weighted by molar-refractivity contribution is 5.69. The SMILES string of the molecule is C=CCCCCCCCCCCCC(=O)OCCCC=CC. The first-order valence-electron chi connectivity index (χ1n) is 9.19. The van der Waals surface area contributed by atoms with E-state index in [1.165, 1.54) is 44.9 Å². The van der Waals surface area contributed by atoms with Crippen molar-refractivity contribution < 1.29 is 9.53 Å². The van der Waals surface area contributed by atoms with Crippen molar-refractivity contribution in [1.29, 1.82) is 0 Å². The number of ether oxygens (including phenoxy) is 1. The Morgan fingerprint density at radius 2 is 1.45 bits per heavy atom. The maximum absolute atomic E-state index is 11.5. The minimum atomic E-state index is -0.0253. The van der Waals surface area contributed by atoms with Crippen molar-refractivity contribution in [3.63, 3.8) is 0 Å². The Hall–Kier alpha value is -1.05. The zero-order valence-electron chi connectivity index (χ0n) is 14.7. The van der Waals surface area contributed by atoms with Crippen LogP contribution < -0.4 is 0 Å². The summed E-state index contributed by atoms with van der Waals surface area (Å²) >= 11 is 0. The Morgan fingerprint density at radius 1 is 0.864 bits per heavy atom. The molecule has 0 spiro atoms. The number of rotatable bonds is 16. The van der Waals surface area contributed by atoms with Crippen LogP contribution in [-0.4, -0.2) is 12.6 Å². The van der Waals surface area contributed by atoms with Gasteiger partial charge in [0.05, 0.1) is 6.61 Å². The quantitative estimate of drug-likeness (QED) is 0.188. The van der Waals surface area contributed by atoms with Crippen molar-refractivity contribution in [2.24, 2.45) is 0 Å². The third-order valence-electron chi connectivity index (χ3n) is 3.80. The number of carbonyl (C=O) groups excluding carboxylic acids is 1. The summed E-state index contributed by atoms with van der Waals surface area (Å²) in [5, 5.41) is 0. The number of unbranched alkanes of at least 4 members (excludes halogenated alkanes) is 10. The smallest absolute Gasteiger partial charge is 0.305 e. The second-order valence-corrected chi connectivity index (χ2v) is 5.94. The Labute approximate surface area is 138 Å². The van der Waals surface area contributed by atoms with Crippen molar-refractivity contribution >= 4 is 5.97 Å². The van der Waals surface area contributed by atoms with Gasteiger partial charge in [-0.3, -0.25) is 4.79 Å². The molecule has 0 aromatic heterocycles. The lowest BCUT2D eigenvalue weighted by Gasteiger charge is -2.04. The fraction of sp³-hybridized carbons (Fsp3) is 0.750. The summed E-state index contributed by atoms with van der Waals surface area (Å²) < 4.78 is 5.20. The molecule has 0 aliphatic heterocycles. The van der Waals surface area contributed by atoms with E-state index < -0.39 is 0 Å². The van der Waals surface area contributed by atoms with Gasteiger partial charge in [0.1, 0.15) is 0 Å². The minimum Gasteiger partial charge on any atom is -0.466 e. The predicted octanol–water partition coefficient (Wildman–Crippen LogP) is 6.36. The van der Waals surface area contributed by atoms with Gasteiger partial charge in [0, 0.05) is 6.42 Å². The van der Waals surface area contributed by atoms with E-state index in [0.717, 1.165) is 32.1 Å². The first-order chi connectivity index (χ1) is 10.8. The third-order valence-corrected chi connectivity index (χ3v) is 3.80. The van der Waals surface area contributed by atoms with Gasteiger partial charge >= 0.3 is 5.97 Å². The van der Waals surface area contributed by atoms with Crippen LogP contribution in [0.4, 0.5) is 0 Å². The largest absolute Gasteiger partial charge is 0.466 e. The molecule has 0 atom stereocenters. The summed E-state index contributed by atoms with van der Waals surface area (Å²) in [6, 6.07) is 0. The van der Waals surface area contributed by atoms with Crippen LogP contribution in [0, 0.1) is 0 Å². The second kappa shape index (κ2) is 18.0. The van der Waals surface area contributed by atoms with E-state index >= 15 is 0 Å². The first-order valence-corrected chi connectivity index (χ1v) is 9.19. The monoisotopic (exact) mass is 308 g/mol. The average molecular weight is 309 g/mol. The molecular formula is C20H36O2. The lowest BCUT2D eigenvalue weighted by molar-refractivity contribution is -0.143. The van der Waals surface area contributed by atoms with Gasteiger partial charge in [-0.1, -0.05) is 63.2 Å². The molecule has 128 valence electrons. The molecule has 2 nitrogen and oxygen atoms in total. The standard InChI is InChI=1S/C20H36O2/c1-3-5-7-9-10-11-12-13-14-15-16-18-20(21)22-19-17-8-6-4-2/h3-4,6H,1,5,7-19H2,2H3. The molecule has 0 saturated heterocycles. The highest BCUT2D eigenvalue weighted by atomic mass is 16.5. The summed E-state index contributed by atoms with van der Waals surface area (Å²) in [5.74, 6) is -0.0253. The van der Waals surface area contributed by atoms with Crippen LogP contribution >= 0.6 is 0 Å². The Bertz CT molecular complexity index is 281. The maximum atomic E-state index is 11.5. The molecule has 0 aromatic rings. The Balaban J connectivity index is 3.15. The first kappa shape index (κ1) is 20.9. The van der Waals surface area contributed by atoms with E-state index in [4.69, 9.17) is 4.74 Å². The van der Waals surface area contributed by atoms with Crippen molar-refractivity contribution in [2.75, 3.05) is 6.61 Å². The van der Waals surface area contributed by atoms with E-state index in [1.54, 1.807) is 0 Å². The number of hydrogen-bond donors (Lipinski definition) is 0. The number of allylic oxidation sites excluding steroid dienone is 3. The molecule has 0 amide bonds. The van der Waals surface area contributed by atoms with Crippen LogP contribution in [0.1, 0.15) is 90.4 Å². The van der Waals surface area contributed by atoms with E-state index in [9.17, 15) is 4.79 Å². The Kier molecular flexibility index (Phi) is 17.1. The second-order valence-electron chi connectivity index (χ2n) is 5.94. The normalized spacial score (nSPS) is 11.0. The van der Waals surface area contributed by atoms with Crippen LogP contribution in [-0.2, 0) is 9.53 Å². The summed E-state index contributed by atoms with van der Waals surface area (Å²) in [6.07, 6.45) is 21.2. The van der Waals surface area contributed by atoms with Gasteiger partial charge in [-0.2, -0.15) is 0 Å². The highest BCUT2D eigenvalue weighted by Gasteiger charge is 2.01. The predicted molar refractivity (Wildman–Crippen MR) is 96.0 cm³/mol. The van der Waals surface area contributed by atoms with Crippen molar-refractivity contribution in [3.8, 4) is 0 Å². The molecule has 0 aromatic carbocycles. The van der Waals surface area contributed by atoms with Crippen LogP contribution in [0.3, 0.4) is 0 Å². The van der Waals surface area contributed by atoms with E-state index in [0.29, 0.717) is 13.0 Å². The minimum absolute atomic E-state index is 0.0253. The zero-order valence-corrected chi connectivity index (χ0v) is 14.7. The zero-order chi connectivity index (χ0) is 16.3. The fourth-order valence-corrected chi connectivity index (χ4v) is 2.42. The molecule has 0 N–H and O–H groups in total. The molecule has 22 heavy (non-hydrogen) atoms. The third kappa shape index (κ3) is 17.0. The van der Waals surface area contributed by atoms with Crippen molar-refractivity contribution in [2.45, 2.75) is 90.4 Å². The average Bonchev–Trinajstić information content (AvgIpc) is 2.52. The van der Waals surface area contributed by atoms with Gasteiger partial charge in [-0.05, 0) is 39.0 Å². The molecule has 0 heterocycles. The summed E-state index contributed by atoms with van der Waals surface area (Å²) in [6.45, 7) is 6.31. The summed E-state index contributed by atoms with van der Waals surface area (Å²) in [7, 11) is 0. The number of hydrogen-bond acceptors (Lipinski definition) is 2.